The summed E-state index contributed by atoms with van der Waals surface area (Å²) in [5.41, 5.74) is 0. The summed E-state index contributed by atoms with van der Waals surface area (Å²) in [6.45, 7) is 0. The van der Waals surface area contributed by atoms with E-state index in [0.717, 1.165) is 12.8 Å². The highest BCUT2D eigenvalue weighted by atomic mass is 16.4. The molecule has 1 amide bonds. The van der Waals surface area contributed by atoms with Gasteiger partial charge >= 0.3 is 0 Å². The van der Waals surface area contributed by atoms with Gasteiger partial charge in [-0.1, -0.05) is 32.1 Å². The van der Waals surface area contributed by atoms with Gasteiger partial charge in [-0.25, -0.2) is 0 Å². The molecule has 0 heterocycles. The molecule has 0 unspecified atom stereocenters. The highest BCUT2D eigenvalue weighted by Crippen LogP contribution is 2.38. The number of carboxylic acids is 1. The van der Waals surface area contributed by atoms with Crippen LogP contribution in [0.2, 0.25) is 0 Å². The average Bonchev–Trinajstić information content (AvgIpc) is 3.01. The van der Waals surface area contributed by atoms with Crippen LogP contribution in [0.15, 0.2) is 0 Å². The van der Waals surface area contributed by atoms with E-state index in [4.69, 9.17) is 0 Å². The quantitative estimate of drug-likeness (QED) is 0.783. The van der Waals surface area contributed by atoms with Gasteiger partial charge in [0, 0.05) is 23.8 Å². The molecule has 0 saturated heterocycles. The van der Waals surface area contributed by atoms with Crippen molar-refractivity contribution in [2.24, 2.45) is 11.8 Å². The van der Waals surface area contributed by atoms with Crippen molar-refractivity contribution < 1.29 is 14.7 Å². The van der Waals surface area contributed by atoms with Crippen molar-refractivity contribution in [2.45, 2.75) is 57.4 Å². The van der Waals surface area contributed by atoms with Gasteiger partial charge in [0.15, 0.2) is 0 Å². The molecule has 96 valence electrons. The lowest BCUT2D eigenvalue weighted by Crippen LogP contribution is -2.37. The average molecular weight is 238 g/mol. The molecule has 2 rings (SSSR count). The minimum absolute atomic E-state index is 0.0789. The van der Waals surface area contributed by atoms with Crippen LogP contribution >= 0.6 is 0 Å². The van der Waals surface area contributed by atoms with Gasteiger partial charge in [-0.2, -0.15) is 0 Å². The fourth-order valence-corrected chi connectivity index (χ4v) is 2.65. The zero-order valence-electron chi connectivity index (χ0n) is 10.1. The Morgan fingerprint density at radius 1 is 0.941 bits per heavy atom. The lowest BCUT2D eigenvalue weighted by molar-refractivity contribution is -0.308. The maximum Gasteiger partial charge on any atom is 0.224 e. The van der Waals surface area contributed by atoms with E-state index in [-0.39, 0.29) is 17.9 Å². The van der Waals surface area contributed by atoms with E-state index in [9.17, 15) is 14.7 Å². The Morgan fingerprint density at radius 3 is 2.06 bits per heavy atom. The summed E-state index contributed by atoms with van der Waals surface area (Å²) >= 11 is 0. The molecule has 0 aliphatic heterocycles. The third kappa shape index (κ3) is 3.45. The van der Waals surface area contributed by atoms with Crippen LogP contribution in [0, 0.1) is 11.8 Å². The number of carboxylic acid groups (broad SMARTS) is 1. The smallest absolute Gasteiger partial charge is 0.224 e. The van der Waals surface area contributed by atoms with Crippen LogP contribution in [0.1, 0.15) is 51.4 Å². The molecular weight excluding hydrogens is 218 g/mol. The van der Waals surface area contributed by atoms with Gasteiger partial charge in [0.05, 0.1) is 0 Å². The number of aliphatic carboxylic acids is 1. The van der Waals surface area contributed by atoms with Crippen molar-refractivity contribution in [2.75, 3.05) is 0 Å². The Kier molecular flexibility index (Phi) is 4.02. The minimum atomic E-state index is -1.08. The van der Waals surface area contributed by atoms with Gasteiger partial charge in [0.1, 0.15) is 0 Å². The summed E-state index contributed by atoms with van der Waals surface area (Å²) in [5, 5.41) is 13.6. The Balaban J connectivity index is 1.75. The van der Waals surface area contributed by atoms with Crippen LogP contribution in [0.25, 0.3) is 0 Å². The van der Waals surface area contributed by atoms with E-state index >= 15 is 0 Å². The number of hydrogen-bond donors (Lipinski definition) is 1. The van der Waals surface area contributed by atoms with Crippen molar-refractivity contribution in [3.63, 3.8) is 0 Å². The van der Waals surface area contributed by atoms with Crippen LogP contribution < -0.4 is 10.4 Å². The Morgan fingerprint density at radius 2 is 1.53 bits per heavy atom. The molecule has 4 heteroatoms. The minimum Gasteiger partial charge on any atom is -0.550 e. The summed E-state index contributed by atoms with van der Waals surface area (Å²) in [6, 6.07) is 0.255. The lowest BCUT2D eigenvalue weighted by Gasteiger charge is -2.21. The van der Waals surface area contributed by atoms with Gasteiger partial charge in [-0.15, -0.1) is 0 Å². The van der Waals surface area contributed by atoms with Gasteiger partial charge < -0.3 is 15.2 Å². The first kappa shape index (κ1) is 12.4. The van der Waals surface area contributed by atoms with Gasteiger partial charge in [0.25, 0.3) is 0 Å². The number of amides is 1. The van der Waals surface area contributed by atoms with E-state index in [2.05, 4.69) is 5.32 Å². The number of carbonyl (C=O) groups is 2. The van der Waals surface area contributed by atoms with Crippen LogP contribution in [0.5, 0.6) is 0 Å². The molecule has 0 aromatic carbocycles. The molecule has 2 fully saturated rings. The van der Waals surface area contributed by atoms with Crippen molar-refractivity contribution >= 4 is 11.9 Å². The topological polar surface area (TPSA) is 69.2 Å². The number of hydrogen-bond acceptors (Lipinski definition) is 3. The Bertz CT molecular complexity index is 295. The number of rotatable bonds is 3. The summed E-state index contributed by atoms with van der Waals surface area (Å²) in [4.78, 5) is 22.4. The second-order valence-corrected chi connectivity index (χ2v) is 5.32. The maximum atomic E-state index is 11.8. The van der Waals surface area contributed by atoms with Crippen molar-refractivity contribution in [1.82, 2.24) is 5.32 Å². The molecule has 0 radical (unpaired) electrons. The van der Waals surface area contributed by atoms with Crippen LogP contribution in [0.4, 0.5) is 0 Å². The molecule has 0 aromatic heterocycles. The third-order valence-corrected chi connectivity index (χ3v) is 3.88. The Labute approximate surface area is 102 Å². The molecule has 0 aromatic rings. The van der Waals surface area contributed by atoms with Crippen LogP contribution in [-0.2, 0) is 9.59 Å². The molecule has 4 nitrogen and oxygen atoms in total. The fourth-order valence-electron chi connectivity index (χ4n) is 2.65. The number of carbonyl (C=O) groups excluding carboxylic acids is 2. The molecule has 2 aliphatic carbocycles. The largest absolute Gasteiger partial charge is 0.550 e. The van der Waals surface area contributed by atoms with Gasteiger partial charge in [-0.3, -0.25) is 4.79 Å². The normalized spacial score (nSPS) is 30.1. The zero-order chi connectivity index (χ0) is 12.3. The van der Waals surface area contributed by atoms with E-state index in [0.29, 0.717) is 6.42 Å². The Hall–Kier alpha value is -1.06. The summed E-state index contributed by atoms with van der Waals surface area (Å²) in [6.07, 6.45) is 8.66. The highest BCUT2D eigenvalue weighted by Gasteiger charge is 2.44. The van der Waals surface area contributed by atoms with Crippen molar-refractivity contribution in [3.8, 4) is 0 Å². The molecule has 17 heavy (non-hydrogen) atoms. The second kappa shape index (κ2) is 5.52. The maximum absolute atomic E-state index is 11.8. The summed E-state index contributed by atoms with van der Waals surface area (Å²) in [5.74, 6) is -2.03. The van der Waals surface area contributed by atoms with E-state index in [1.165, 1.54) is 32.1 Å². The van der Waals surface area contributed by atoms with Gasteiger partial charge in [-0.05, 0) is 19.3 Å². The molecule has 1 N–H and O–H groups in total. The summed E-state index contributed by atoms with van der Waals surface area (Å²) in [7, 11) is 0. The molecule has 2 aliphatic rings. The monoisotopic (exact) mass is 238 g/mol. The van der Waals surface area contributed by atoms with E-state index < -0.39 is 11.9 Å². The predicted octanol–water partition coefficient (Wildman–Crippen LogP) is 0.601. The van der Waals surface area contributed by atoms with E-state index in [1.807, 2.05) is 0 Å². The molecule has 0 spiro atoms. The van der Waals surface area contributed by atoms with Crippen molar-refractivity contribution in [3.05, 3.63) is 0 Å². The number of nitrogens with one attached hydrogen (secondary N) is 1. The SMILES string of the molecule is O=C([O-])[C@H]1C[C@@H]1C(=O)NC1CCCCCCC1. The van der Waals surface area contributed by atoms with Crippen LogP contribution in [-0.4, -0.2) is 17.9 Å². The fraction of sp³-hybridized carbons (Fsp3) is 0.846. The second-order valence-electron chi connectivity index (χ2n) is 5.32. The predicted molar refractivity (Wildman–Crippen MR) is 60.9 cm³/mol. The molecule has 0 bridgehead atoms. The summed E-state index contributed by atoms with van der Waals surface area (Å²) < 4.78 is 0. The molecular formula is C13H20NO3-. The third-order valence-electron chi connectivity index (χ3n) is 3.88. The first-order chi connectivity index (χ1) is 8.18. The molecule has 2 saturated carbocycles. The van der Waals surface area contributed by atoms with Crippen LogP contribution in [0.3, 0.4) is 0 Å². The lowest BCUT2D eigenvalue weighted by atomic mass is 9.96. The first-order valence-corrected chi connectivity index (χ1v) is 6.69. The standard InChI is InChI=1S/C13H21NO3/c15-12(10-8-11(10)13(16)17)14-9-6-4-2-1-3-5-7-9/h9-11H,1-8H2,(H,14,15)(H,16,17)/p-1/t10-,11-/m0/s1. The van der Waals surface area contributed by atoms with Gasteiger partial charge in [0.2, 0.25) is 5.91 Å². The van der Waals surface area contributed by atoms with E-state index in [1.54, 1.807) is 0 Å². The highest BCUT2D eigenvalue weighted by molar-refractivity contribution is 5.88. The van der Waals surface area contributed by atoms with Crippen molar-refractivity contribution in [1.29, 1.82) is 0 Å². The zero-order valence-corrected chi connectivity index (χ0v) is 10.1. The molecule has 2 atom stereocenters. The first-order valence-electron chi connectivity index (χ1n) is 6.69.